The van der Waals surface area contributed by atoms with Gasteiger partial charge in [-0.1, -0.05) is 195 Å². The number of esters is 3. The Labute approximate surface area is 356 Å². The first kappa shape index (κ1) is 54.3. The van der Waals surface area contributed by atoms with E-state index in [0.29, 0.717) is 6.42 Å². The predicted octanol–water partition coefficient (Wildman–Crippen LogP) is 15.0. The van der Waals surface area contributed by atoms with Gasteiger partial charge < -0.3 is 14.2 Å². The lowest BCUT2D eigenvalue weighted by Crippen LogP contribution is -2.30. The lowest BCUT2D eigenvalue weighted by Gasteiger charge is -2.18. The highest BCUT2D eigenvalue weighted by atomic mass is 16.6. The number of rotatable bonds is 40. The summed E-state index contributed by atoms with van der Waals surface area (Å²) in [6.45, 7) is 6.23. The summed E-state index contributed by atoms with van der Waals surface area (Å²) in [6, 6.07) is 0. The number of allylic oxidation sites excluding steroid dienone is 15. The fourth-order valence-electron chi connectivity index (χ4n) is 5.98. The fraction of sp³-hybridized carbons (Fsp3) is 0.635. The van der Waals surface area contributed by atoms with Crippen molar-refractivity contribution in [1.82, 2.24) is 0 Å². The standard InChI is InChI=1S/C52H84O6/c1-4-7-10-13-16-19-21-23-25-27-28-30-33-36-39-42-45-51(54)57-48-49(47-56-50(53)44-41-38-35-32-18-15-12-9-6-3)58-52(55)46-43-40-37-34-31-29-26-24-22-20-17-14-11-8-5-2/h8-9,11-12,14,17-18,20,22,24-27,32,38,41,49H,4-7,10,13,15-16,19,21,23,28-31,33-37,39-40,42-48H2,1-3H3/b11-8-,12-9-,17-14-,22-20-,26-24-,27-25-,32-18-,41-38-. The zero-order chi connectivity index (χ0) is 42.3. The van der Waals surface area contributed by atoms with Crippen LogP contribution in [0.2, 0.25) is 0 Å². The van der Waals surface area contributed by atoms with E-state index >= 15 is 0 Å². The van der Waals surface area contributed by atoms with E-state index in [4.69, 9.17) is 14.2 Å². The highest BCUT2D eigenvalue weighted by molar-refractivity contribution is 5.72. The Morgan fingerprint density at radius 3 is 1.40 bits per heavy atom. The molecule has 0 N–H and O–H groups in total. The number of unbranched alkanes of at least 4 members (excludes halogenated alkanes) is 17. The van der Waals surface area contributed by atoms with Gasteiger partial charge >= 0.3 is 17.9 Å². The summed E-state index contributed by atoms with van der Waals surface area (Å²) >= 11 is 0. The van der Waals surface area contributed by atoms with E-state index in [1.807, 2.05) is 30.4 Å². The Morgan fingerprint density at radius 1 is 0.397 bits per heavy atom. The van der Waals surface area contributed by atoms with Crippen LogP contribution in [-0.2, 0) is 28.6 Å². The minimum Gasteiger partial charge on any atom is -0.462 e. The number of hydrogen-bond acceptors (Lipinski definition) is 6. The topological polar surface area (TPSA) is 78.9 Å². The molecule has 0 aliphatic carbocycles. The van der Waals surface area contributed by atoms with E-state index in [0.717, 1.165) is 96.3 Å². The Morgan fingerprint density at radius 2 is 0.828 bits per heavy atom. The molecule has 1 atom stereocenters. The van der Waals surface area contributed by atoms with Crippen LogP contribution in [-0.4, -0.2) is 37.2 Å². The van der Waals surface area contributed by atoms with Crippen molar-refractivity contribution in [2.75, 3.05) is 13.2 Å². The Hall–Kier alpha value is -3.67. The smallest absolute Gasteiger partial charge is 0.309 e. The maximum atomic E-state index is 12.7. The van der Waals surface area contributed by atoms with Crippen LogP contribution in [0.3, 0.4) is 0 Å². The molecular formula is C52H84O6. The van der Waals surface area contributed by atoms with Crippen molar-refractivity contribution in [3.05, 3.63) is 97.2 Å². The molecule has 0 spiro atoms. The highest BCUT2D eigenvalue weighted by Crippen LogP contribution is 2.13. The van der Waals surface area contributed by atoms with Gasteiger partial charge in [-0.2, -0.15) is 0 Å². The third kappa shape index (κ3) is 43.5. The number of carbonyl (C=O) groups is 3. The summed E-state index contributed by atoms with van der Waals surface area (Å²) in [7, 11) is 0. The molecule has 58 heavy (non-hydrogen) atoms. The van der Waals surface area contributed by atoms with Crippen molar-refractivity contribution in [3.63, 3.8) is 0 Å². The molecule has 0 saturated heterocycles. The third-order valence-electron chi connectivity index (χ3n) is 9.43. The van der Waals surface area contributed by atoms with Crippen molar-refractivity contribution in [3.8, 4) is 0 Å². The summed E-state index contributed by atoms with van der Waals surface area (Å²) in [5.74, 6) is -1.09. The number of carbonyl (C=O) groups excluding carboxylic acids is 3. The molecule has 1 unspecified atom stereocenters. The van der Waals surface area contributed by atoms with Gasteiger partial charge in [0.05, 0.1) is 6.42 Å². The molecule has 0 fully saturated rings. The van der Waals surface area contributed by atoms with Gasteiger partial charge in [0.15, 0.2) is 6.10 Å². The molecule has 0 heterocycles. The maximum Gasteiger partial charge on any atom is 0.309 e. The van der Waals surface area contributed by atoms with Crippen LogP contribution in [0.25, 0.3) is 0 Å². The molecular weight excluding hydrogens is 721 g/mol. The summed E-state index contributed by atoms with van der Waals surface area (Å²) in [6.07, 6.45) is 59.9. The SMILES string of the molecule is CC\C=C/C=C\C=C/C=C\CCCCCCCC(=O)OC(COC(=O)C/C=C\C/C=C\C/C=C\CC)COC(=O)CCCCCCC/C=C\CCCCCCCCC. The third-order valence-corrected chi connectivity index (χ3v) is 9.43. The summed E-state index contributed by atoms with van der Waals surface area (Å²) in [4.78, 5) is 37.7. The highest BCUT2D eigenvalue weighted by Gasteiger charge is 2.19. The van der Waals surface area contributed by atoms with Crippen LogP contribution in [0.1, 0.15) is 194 Å². The number of ether oxygens (including phenoxy) is 3. The lowest BCUT2D eigenvalue weighted by molar-refractivity contribution is -0.166. The molecule has 328 valence electrons. The van der Waals surface area contributed by atoms with Crippen LogP contribution in [0.4, 0.5) is 0 Å². The van der Waals surface area contributed by atoms with Crippen LogP contribution in [0.5, 0.6) is 0 Å². The van der Waals surface area contributed by atoms with Gasteiger partial charge in [-0.25, -0.2) is 0 Å². The van der Waals surface area contributed by atoms with Gasteiger partial charge in [-0.05, 0) is 77.0 Å². The van der Waals surface area contributed by atoms with Gasteiger partial charge in [0.25, 0.3) is 0 Å². The first-order valence-electron chi connectivity index (χ1n) is 23.3. The van der Waals surface area contributed by atoms with Crippen molar-refractivity contribution in [2.45, 2.75) is 200 Å². The molecule has 0 radical (unpaired) electrons. The quantitative estimate of drug-likeness (QED) is 0.0202. The van der Waals surface area contributed by atoms with Gasteiger partial charge in [0.1, 0.15) is 13.2 Å². The maximum absolute atomic E-state index is 12.7. The fourth-order valence-corrected chi connectivity index (χ4v) is 5.98. The van der Waals surface area contributed by atoms with E-state index in [9.17, 15) is 14.4 Å². The predicted molar refractivity (Wildman–Crippen MR) is 247 cm³/mol. The van der Waals surface area contributed by atoms with E-state index in [1.165, 1.54) is 57.8 Å². The van der Waals surface area contributed by atoms with Gasteiger partial charge in [-0.15, -0.1) is 0 Å². The van der Waals surface area contributed by atoms with Gasteiger partial charge in [0, 0.05) is 12.8 Å². The van der Waals surface area contributed by atoms with E-state index in [2.05, 4.69) is 81.5 Å². The minimum absolute atomic E-state index is 0.120. The molecule has 0 rings (SSSR count). The first-order chi connectivity index (χ1) is 28.5. The second-order valence-corrected chi connectivity index (χ2v) is 15.0. The summed E-state index contributed by atoms with van der Waals surface area (Å²) < 4.78 is 16.6. The molecule has 6 nitrogen and oxygen atoms in total. The number of hydrogen-bond donors (Lipinski definition) is 0. The zero-order valence-corrected chi connectivity index (χ0v) is 37.3. The average Bonchev–Trinajstić information content (AvgIpc) is 3.22. The first-order valence-corrected chi connectivity index (χ1v) is 23.3. The summed E-state index contributed by atoms with van der Waals surface area (Å²) in [5.41, 5.74) is 0. The lowest BCUT2D eigenvalue weighted by atomic mass is 10.1. The van der Waals surface area contributed by atoms with E-state index in [1.54, 1.807) is 6.08 Å². The van der Waals surface area contributed by atoms with E-state index < -0.39 is 12.1 Å². The normalized spacial score (nSPS) is 12.9. The van der Waals surface area contributed by atoms with Crippen LogP contribution >= 0.6 is 0 Å². The van der Waals surface area contributed by atoms with Crippen LogP contribution in [0.15, 0.2) is 97.2 Å². The Bertz CT molecular complexity index is 1200. The van der Waals surface area contributed by atoms with Crippen molar-refractivity contribution in [1.29, 1.82) is 0 Å². The molecule has 0 aromatic rings. The Balaban J connectivity index is 4.47. The van der Waals surface area contributed by atoms with E-state index in [-0.39, 0.29) is 38.0 Å². The van der Waals surface area contributed by atoms with Crippen molar-refractivity contribution in [2.24, 2.45) is 0 Å². The Kier molecular flexibility index (Phi) is 43.1. The molecule has 6 heteroatoms. The van der Waals surface area contributed by atoms with Crippen molar-refractivity contribution < 1.29 is 28.6 Å². The second kappa shape index (κ2) is 46.0. The van der Waals surface area contributed by atoms with Crippen LogP contribution in [0, 0.1) is 0 Å². The largest absolute Gasteiger partial charge is 0.462 e. The monoisotopic (exact) mass is 805 g/mol. The molecule has 0 bridgehead atoms. The summed E-state index contributed by atoms with van der Waals surface area (Å²) in [5, 5.41) is 0. The minimum atomic E-state index is -0.827. The molecule has 0 aliphatic rings. The second-order valence-electron chi connectivity index (χ2n) is 15.0. The molecule has 0 aliphatic heterocycles. The molecule has 0 aromatic carbocycles. The van der Waals surface area contributed by atoms with Gasteiger partial charge in [0.2, 0.25) is 0 Å². The molecule has 0 aromatic heterocycles. The van der Waals surface area contributed by atoms with Crippen molar-refractivity contribution >= 4 is 17.9 Å². The average molecular weight is 805 g/mol. The van der Waals surface area contributed by atoms with Crippen LogP contribution < -0.4 is 0 Å². The van der Waals surface area contributed by atoms with Gasteiger partial charge in [-0.3, -0.25) is 14.4 Å². The zero-order valence-electron chi connectivity index (χ0n) is 37.3. The molecule has 0 saturated carbocycles. The molecule has 0 amide bonds.